The van der Waals surface area contributed by atoms with Crippen LogP contribution in [0.15, 0.2) is 64.3 Å². The van der Waals surface area contributed by atoms with Crippen molar-refractivity contribution in [2.45, 2.75) is 148 Å². The predicted octanol–water partition coefficient (Wildman–Crippen LogP) is -5.01. The van der Waals surface area contributed by atoms with Crippen LogP contribution in [-0.4, -0.2) is 246 Å². The summed E-state index contributed by atoms with van der Waals surface area (Å²) in [4.78, 5) is 221. The topological polar surface area (TPSA) is 517 Å². The van der Waals surface area contributed by atoms with Gasteiger partial charge in [0.2, 0.25) is 76.8 Å². The van der Waals surface area contributed by atoms with Crippen LogP contribution in [0.1, 0.15) is 83.9 Å². The summed E-state index contributed by atoms with van der Waals surface area (Å²) in [5.41, 5.74) is 1.62. The smallest absolute Gasteiger partial charge is 0.328 e. The molecule has 9 atom stereocenters. The molecule has 0 aliphatic carbocycles. The lowest BCUT2D eigenvalue weighted by atomic mass is 10.0. The van der Waals surface area contributed by atoms with Crippen LogP contribution in [0.3, 0.4) is 0 Å². The molecule has 0 bridgehead atoms. The fourth-order valence-corrected chi connectivity index (χ4v) is 13.0. The van der Waals surface area contributed by atoms with E-state index < -0.39 is 175 Å². The number of hydrogen-bond donors (Lipinski definition) is 16. The molecule has 1 aromatic heterocycles. The number of aromatic hydroxyl groups is 2. The summed E-state index contributed by atoms with van der Waals surface area (Å²) in [5, 5.41) is 67.4. The first-order chi connectivity index (χ1) is 48.2. The van der Waals surface area contributed by atoms with E-state index in [4.69, 9.17) is 0 Å². The number of aromatic amines is 1. The third-order valence-corrected chi connectivity index (χ3v) is 18.3. The van der Waals surface area contributed by atoms with Crippen LogP contribution in [-0.2, 0) is 86.5 Å². The molecule has 102 heavy (non-hydrogen) atoms. The van der Waals surface area contributed by atoms with Crippen molar-refractivity contribution in [3.05, 3.63) is 92.3 Å². The zero-order valence-corrected chi connectivity index (χ0v) is 59.0. The van der Waals surface area contributed by atoms with Gasteiger partial charge in [-0.2, -0.15) is 0 Å². The molecule has 13 amide bonds. The average molecular weight is 1470 g/mol. The lowest BCUT2D eigenvalue weighted by Crippen LogP contribution is -2.60. The van der Waals surface area contributed by atoms with Gasteiger partial charge in [0.1, 0.15) is 60.3 Å². The van der Waals surface area contributed by atoms with Crippen molar-refractivity contribution >= 4 is 104 Å². The van der Waals surface area contributed by atoms with E-state index >= 15 is 0 Å². The summed E-state index contributed by atoms with van der Waals surface area (Å²) in [6.45, 7) is 6.95. The molecule has 0 saturated carbocycles. The van der Waals surface area contributed by atoms with Gasteiger partial charge in [-0.15, -0.1) is 0 Å². The number of carbonyl (C=O) groups excluding carboxylic acids is 13. The second-order valence-corrected chi connectivity index (χ2v) is 27.5. The van der Waals surface area contributed by atoms with Gasteiger partial charge in [0.15, 0.2) is 0 Å². The number of aliphatic hydroxyl groups excluding tert-OH is 1. The third kappa shape index (κ3) is 27.8. The first kappa shape index (κ1) is 82.6. The molecule has 0 spiro atoms. The number of carbonyl (C=O) groups is 14. The van der Waals surface area contributed by atoms with E-state index in [0.717, 1.165) is 37.3 Å². The molecule has 0 radical (unpaired) electrons. The maximum absolute atomic E-state index is 14.8. The number of phenolic OH excluding ortho intramolecular Hbond substituents is 2. The summed E-state index contributed by atoms with van der Waals surface area (Å²) in [6.07, 6.45) is -1.86. The van der Waals surface area contributed by atoms with Gasteiger partial charge in [0, 0.05) is 88.7 Å². The maximum atomic E-state index is 14.8. The first-order valence-corrected chi connectivity index (χ1v) is 35.2. The minimum Gasteiger partial charge on any atom is -0.508 e. The van der Waals surface area contributed by atoms with Crippen molar-refractivity contribution in [3.8, 4) is 11.5 Å². The largest absolute Gasteiger partial charge is 0.508 e. The second-order valence-electron chi connectivity index (χ2n) is 24.9. The van der Waals surface area contributed by atoms with E-state index in [0.29, 0.717) is 11.1 Å². The van der Waals surface area contributed by atoms with Crippen molar-refractivity contribution in [3.63, 3.8) is 0 Å². The van der Waals surface area contributed by atoms with Crippen LogP contribution in [0.2, 0.25) is 0 Å². The molecule has 2 aromatic carbocycles. The number of hydrazine groups is 1. The number of benzene rings is 2. The molecule has 3 heterocycles. The Morgan fingerprint density at radius 3 is 1.87 bits per heavy atom. The molecule has 2 aliphatic rings. The maximum Gasteiger partial charge on any atom is 0.328 e. The van der Waals surface area contributed by atoms with E-state index in [1.807, 2.05) is 0 Å². The van der Waals surface area contributed by atoms with Crippen LogP contribution >= 0.6 is 21.6 Å². The number of amides is 13. The number of nitrogens with zero attached hydrogens (tertiary/aromatic N) is 4. The molecule has 5 rings (SSSR count). The molecular formula is C64H90N16O20S2. The highest BCUT2D eigenvalue weighted by atomic mass is 33.1. The van der Waals surface area contributed by atoms with Crippen LogP contribution in [0.4, 0.5) is 0 Å². The van der Waals surface area contributed by atoms with Crippen molar-refractivity contribution in [1.29, 1.82) is 0 Å². The summed E-state index contributed by atoms with van der Waals surface area (Å²) in [6, 6.07) is -0.907. The Morgan fingerprint density at radius 1 is 0.696 bits per heavy atom. The fraction of sp³-hybridized carbons (Fsp3) is 0.531. The third-order valence-electron chi connectivity index (χ3n) is 15.7. The Morgan fingerprint density at radius 2 is 1.28 bits per heavy atom. The number of aryl methyl sites for hydroxylation is 1. The van der Waals surface area contributed by atoms with Gasteiger partial charge in [-0.05, 0) is 81.3 Å². The van der Waals surface area contributed by atoms with Gasteiger partial charge < -0.3 is 83.4 Å². The van der Waals surface area contributed by atoms with E-state index in [2.05, 4.69) is 63.6 Å². The summed E-state index contributed by atoms with van der Waals surface area (Å²) in [7, 11) is 2.06. The fourth-order valence-electron chi connectivity index (χ4n) is 10.6. The number of phenols is 2. The van der Waals surface area contributed by atoms with Crippen molar-refractivity contribution in [1.82, 2.24) is 83.0 Å². The SMILES string of the molecule is CC(=O)NCCN(CC(=O)NCCN(CC(=O)N[C@@H](CC(C)C)C(=O)N1CCC[C@H]1C(=O)N[C@H]1CSSC[C@@H](C)NC(=O)[C@H](C(C)O)NC(=O)CNC(=O)[C@H](Cc2ccc(O)cc2)NC(=O)[C@H](Cc2ccc(O)cc2)NC(=O)[C@H](CC(=O)O)NC1=O)C(=O)Cn1cc(C)c(=O)[nH]c1=O)NC(C)=O. The van der Waals surface area contributed by atoms with Gasteiger partial charge in [0.05, 0.1) is 32.2 Å². The van der Waals surface area contributed by atoms with E-state index in [1.165, 1.54) is 86.1 Å². The number of H-pyrrole nitrogens is 1. The molecule has 36 nitrogen and oxygen atoms in total. The molecule has 558 valence electrons. The van der Waals surface area contributed by atoms with Crippen LogP contribution in [0, 0.1) is 12.8 Å². The van der Waals surface area contributed by atoms with E-state index in [9.17, 15) is 97.1 Å². The van der Waals surface area contributed by atoms with Crippen molar-refractivity contribution in [2.75, 3.05) is 63.9 Å². The number of aliphatic hydroxyl groups is 1. The summed E-state index contributed by atoms with van der Waals surface area (Å²) >= 11 is 0. The van der Waals surface area contributed by atoms with E-state index in [1.54, 1.807) is 20.8 Å². The standard InChI is InChI=1S/C64H90N16O20S2/c1-34(2)23-47(69-52(88)29-77(53(89)31-78-28-35(3)56(92)75-64(78)100)21-18-66-51(87)30-79(76-39(7)83)22-19-65-38(6)82)63(99)80-20-8-9-49(80)61(97)73-48-33-102-101-32-36(4)68-62(98)55(37(5)81)74-50(86)27-67-57(93)44(24-40-10-14-42(84)15-11-40)70-58(94)45(25-41-12-16-43(85)17-13-41)71-59(95)46(26-54(90)91)72-60(48)96/h10-17,28,34,36-37,44-49,55,81,84-85H,8-9,18-27,29-33H2,1-7H3,(H,65,82)(H,66,87)(H,67,93)(H,68,98)(H,69,88)(H,70,94)(H,71,95)(H,72,96)(H,73,97)(H,74,86)(H,76,83)(H,90,91)(H,75,92,100)/t36-,37?,44+,45+,46+,47+,48+,49+,55+/m1/s1. The van der Waals surface area contributed by atoms with Crippen molar-refractivity contribution < 1.29 is 87.5 Å². The monoisotopic (exact) mass is 1470 g/mol. The number of carboxylic acids is 1. The van der Waals surface area contributed by atoms with Crippen LogP contribution in [0.5, 0.6) is 11.5 Å². The zero-order valence-electron chi connectivity index (χ0n) is 57.4. The quantitative estimate of drug-likeness (QED) is 0.0264. The molecule has 1 unspecified atom stereocenters. The highest BCUT2D eigenvalue weighted by molar-refractivity contribution is 8.76. The molecule has 2 aliphatic heterocycles. The minimum absolute atomic E-state index is 0.0166. The number of rotatable bonds is 26. The number of aromatic nitrogens is 2. The van der Waals surface area contributed by atoms with E-state index in [-0.39, 0.29) is 105 Å². The average Bonchev–Trinajstić information content (AvgIpc) is 1.65. The van der Waals surface area contributed by atoms with Crippen LogP contribution in [0.25, 0.3) is 0 Å². The molecule has 2 fully saturated rings. The van der Waals surface area contributed by atoms with Gasteiger partial charge >= 0.3 is 11.7 Å². The number of carboxylic acid groups (broad SMARTS) is 1. The number of likely N-dealkylation sites (tertiary alicyclic amines) is 1. The molecular weight excluding hydrogens is 1380 g/mol. The lowest BCUT2D eigenvalue weighted by Gasteiger charge is -2.31. The number of hydrogen-bond acceptors (Lipinski definition) is 22. The van der Waals surface area contributed by atoms with Gasteiger partial charge in [0.25, 0.3) is 5.56 Å². The Balaban J connectivity index is 1.44. The summed E-state index contributed by atoms with van der Waals surface area (Å²) in [5.74, 6) is -13.5. The number of aliphatic carboxylic acids is 1. The zero-order chi connectivity index (χ0) is 75.5. The Hall–Kier alpha value is -10.1. The summed E-state index contributed by atoms with van der Waals surface area (Å²) < 4.78 is 0.900. The van der Waals surface area contributed by atoms with Crippen LogP contribution < -0.4 is 69.8 Å². The Kier molecular flexibility index (Phi) is 32.7. The highest BCUT2D eigenvalue weighted by Gasteiger charge is 2.41. The normalized spacial score (nSPS) is 20.4. The second kappa shape index (κ2) is 40.4. The molecule has 3 aromatic rings. The lowest BCUT2D eigenvalue weighted by molar-refractivity contribution is -0.143. The van der Waals surface area contributed by atoms with Crippen molar-refractivity contribution in [2.24, 2.45) is 5.92 Å². The first-order valence-electron chi connectivity index (χ1n) is 32.7. The Bertz CT molecular complexity index is 3630. The highest BCUT2D eigenvalue weighted by Crippen LogP contribution is 2.25. The Labute approximate surface area is 593 Å². The predicted molar refractivity (Wildman–Crippen MR) is 369 cm³/mol. The number of nitrogens with one attached hydrogen (secondary N) is 12. The van der Waals surface area contributed by atoms with Gasteiger partial charge in [-0.3, -0.25) is 86.9 Å². The molecule has 38 heteroatoms. The molecule has 16 N–H and O–H groups in total. The minimum atomic E-state index is -1.98. The van der Waals surface area contributed by atoms with Gasteiger partial charge in [-0.25, -0.2) is 9.80 Å². The molecule has 2 saturated heterocycles. The van der Waals surface area contributed by atoms with Gasteiger partial charge in [-0.1, -0.05) is 59.7 Å².